The number of nitrogens with zero attached hydrogens (tertiary/aromatic N) is 4. The van der Waals surface area contributed by atoms with E-state index in [2.05, 4.69) is 64.5 Å². The second kappa shape index (κ2) is 6.40. The maximum atomic E-state index is 4.57. The smallest absolute Gasteiger partial charge is 0.140 e. The van der Waals surface area contributed by atoms with Crippen LogP contribution in [0.1, 0.15) is 24.9 Å². The lowest BCUT2D eigenvalue weighted by Gasteiger charge is -2.18. The van der Waals surface area contributed by atoms with E-state index < -0.39 is 0 Å². The molecule has 0 fully saturated rings. The summed E-state index contributed by atoms with van der Waals surface area (Å²) >= 11 is 1.75. The third-order valence-electron chi connectivity index (χ3n) is 3.85. The molecule has 4 nitrogen and oxygen atoms in total. The molecule has 5 heteroatoms. The van der Waals surface area contributed by atoms with Crippen LogP contribution in [-0.2, 0) is 7.05 Å². The summed E-state index contributed by atoms with van der Waals surface area (Å²) < 4.78 is 4.09. The lowest BCUT2D eigenvalue weighted by Crippen LogP contribution is -2.09. The Morgan fingerprint density at radius 1 is 1.23 bits per heavy atom. The number of thioether (sulfide) groups is 1. The van der Waals surface area contributed by atoms with E-state index >= 15 is 0 Å². The van der Waals surface area contributed by atoms with Crippen molar-refractivity contribution in [3.8, 4) is 11.4 Å². The Kier molecular flexibility index (Phi) is 4.34. The second-order valence-electron chi connectivity index (χ2n) is 5.26. The molecule has 22 heavy (non-hydrogen) atoms. The molecule has 3 aromatic rings. The van der Waals surface area contributed by atoms with E-state index in [-0.39, 0.29) is 6.04 Å². The van der Waals surface area contributed by atoms with E-state index in [4.69, 9.17) is 0 Å². The van der Waals surface area contributed by atoms with Gasteiger partial charge in [-0.1, -0.05) is 19.1 Å². The first-order valence-electron chi connectivity index (χ1n) is 7.38. The van der Waals surface area contributed by atoms with Crippen LogP contribution >= 0.6 is 11.8 Å². The molecule has 2 aromatic heterocycles. The highest BCUT2D eigenvalue weighted by molar-refractivity contribution is 7.98. The lowest BCUT2D eigenvalue weighted by molar-refractivity contribution is 0.571. The van der Waals surface area contributed by atoms with Gasteiger partial charge in [0, 0.05) is 41.7 Å². The van der Waals surface area contributed by atoms with Crippen molar-refractivity contribution in [2.24, 2.45) is 7.05 Å². The van der Waals surface area contributed by atoms with Crippen LogP contribution < -0.4 is 0 Å². The summed E-state index contributed by atoms with van der Waals surface area (Å²) in [7, 11) is 1.95. The van der Waals surface area contributed by atoms with E-state index in [9.17, 15) is 0 Å². The molecule has 0 saturated heterocycles. The van der Waals surface area contributed by atoms with Crippen LogP contribution in [0.15, 0.2) is 53.9 Å². The van der Waals surface area contributed by atoms with E-state index in [1.807, 2.05) is 24.1 Å². The molecular weight excluding hydrogens is 292 g/mol. The van der Waals surface area contributed by atoms with Crippen LogP contribution in [0.25, 0.3) is 11.4 Å². The predicted molar refractivity (Wildman–Crippen MR) is 91.1 cm³/mol. The average molecular weight is 312 g/mol. The topological polar surface area (TPSA) is 35.6 Å². The molecule has 0 N–H and O–H groups in total. The van der Waals surface area contributed by atoms with Crippen molar-refractivity contribution in [2.75, 3.05) is 6.26 Å². The van der Waals surface area contributed by atoms with Crippen LogP contribution in [0.2, 0.25) is 0 Å². The fourth-order valence-electron chi connectivity index (χ4n) is 2.73. The Morgan fingerprint density at radius 3 is 2.59 bits per heavy atom. The van der Waals surface area contributed by atoms with Gasteiger partial charge in [0.25, 0.3) is 0 Å². The molecule has 0 aliphatic rings. The first-order valence-corrected chi connectivity index (χ1v) is 8.61. The number of aromatic nitrogens is 4. The molecule has 0 spiro atoms. The monoisotopic (exact) mass is 312 g/mol. The summed E-state index contributed by atoms with van der Waals surface area (Å²) in [5, 5.41) is 4.30. The summed E-state index contributed by atoms with van der Waals surface area (Å²) in [6.45, 7) is 2.19. The van der Waals surface area contributed by atoms with Gasteiger partial charge in [-0.15, -0.1) is 11.8 Å². The number of hydrogen-bond acceptors (Lipinski definition) is 3. The third-order valence-corrected chi connectivity index (χ3v) is 4.59. The first-order chi connectivity index (χ1) is 10.7. The highest BCUT2D eigenvalue weighted by Gasteiger charge is 2.17. The Balaban J connectivity index is 1.99. The van der Waals surface area contributed by atoms with Gasteiger partial charge in [0.05, 0.1) is 12.2 Å². The van der Waals surface area contributed by atoms with Gasteiger partial charge in [-0.25, -0.2) is 4.98 Å². The Morgan fingerprint density at radius 2 is 2.00 bits per heavy atom. The number of hydrogen-bond donors (Lipinski definition) is 0. The van der Waals surface area contributed by atoms with Crippen molar-refractivity contribution in [2.45, 2.75) is 24.3 Å². The Bertz CT molecular complexity index is 742. The maximum Gasteiger partial charge on any atom is 0.140 e. The predicted octanol–water partition coefficient (Wildman–Crippen LogP) is 4.00. The molecule has 0 radical (unpaired) electrons. The van der Waals surface area contributed by atoms with Gasteiger partial charge in [0.15, 0.2) is 0 Å². The average Bonchev–Trinajstić information content (AvgIpc) is 3.18. The molecule has 0 bridgehead atoms. The Hall–Kier alpha value is -2.01. The summed E-state index contributed by atoms with van der Waals surface area (Å²) in [5.74, 6) is 1.00. The highest BCUT2D eigenvalue weighted by Crippen LogP contribution is 2.28. The van der Waals surface area contributed by atoms with Crippen LogP contribution in [-0.4, -0.2) is 25.6 Å². The van der Waals surface area contributed by atoms with Gasteiger partial charge in [0.2, 0.25) is 0 Å². The molecule has 1 atom stereocenters. The van der Waals surface area contributed by atoms with Crippen LogP contribution in [0, 0.1) is 0 Å². The van der Waals surface area contributed by atoms with Gasteiger partial charge in [-0.3, -0.25) is 4.68 Å². The lowest BCUT2D eigenvalue weighted by atomic mass is 10.1. The second-order valence-corrected chi connectivity index (χ2v) is 6.14. The minimum atomic E-state index is 0.256. The first kappa shape index (κ1) is 14.9. The summed E-state index contributed by atoms with van der Waals surface area (Å²) in [5.41, 5.74) is 2.36. The van der Waals surface area contributed by atoms with Crippen molar-refractivity contribution < 1.29 is 0 Å². The van der Waals surface area contributed by atoms with E-state index in [1.54, 1.807) is 11.8 Å². The fourth-order valence-corrected chi connectivity index (χ4v) is 3.14. The van der Waals surface area contributed by atoms with Gasteiger partial charge in [0.1, 0.15) is 5.82 Å². The third kappa shape index (κ3) is 2.81. The van der Waals surface area contributed by atoms with E-state index in [0.717, 1.165) is 17.8 Å². The number of rotatable bonds is 5. The van der Waals surface area contributed by atoms with Gasteiger partial charge in [-0.2, -0.15) is 5.10 Å². The molecule has 114 valence electrons. The van der Waals surface area contributed by atoms with Gasteiger partial charge >= 0.3 is 0 Å². The van der Waals surface area contributed by atoms with E-state index in [0.29, 0.717) is 0 Å². The number of imidazole rings is 1. The molecule has 0 aliphatic heterocycles. The van der Waals surface area contributed by atoms with Crippen LogP contribution in [0.5, 0.6) is 0 Å². The minimum Gasteiger partial charge on any atom is -0.323 e. The SMILES string of the molecule is CCC(c1cnn(C)c1)n1ccnc1-c1ccc(SC)cc1. The van der Waals surface area contributed by atoms with Crippen molar-refractivity contribution in [1.29, 1.82) is 0 Å². The summed E-state index contributed by atoms with van der Waals surface area (Å²) in [6.07, 6.45) is 11.0. The zero-order chi connectivity index (χ0) is 15.5. The fraction of sp³-hybridized carbons (Fsp3) is 0.294. The normalized spacial score (nSPS) is 12.5. The number of benzene rings is 1. The molecule has 3 rings (SSSR count). The minimum absolute atomic E-state index is 0.256. The Labute approximate surface area is 135 Å². The summed E-state index contributed by atoms with van der Waals surface area (Å²) in [6, 6.07) is 8.82. The molecule has 0 aliphatic carbocycles. The zero-order valence-electron chi connectivity index (χ0n) is 13.1. The number of aryl methyl sites for hydroxylation is 1. The standard InChI is InChI=1S/C17H20N4S/c1-4-16(14-11-19-20(2)12-14)21-10-9-18-17(21)13-5-7-15(22-3)8-6-13/h5-12,16H,4H2,1-3H3. The highest BCUT2D eigenvalue weighted by atomic mass is 32.2. The molecule has 0 saturated carbocycles. The summed E-state index contributed by atoms with van der Waals surface area (Å²) in [4.78, 5) is 5.84. The quantitative estimate of drug-likeness (QED) is 0.668. The van der Waals surface area contributed by atoms with Gasteiger partial charge < -0.3 is 4.57 Å². The molecular formula is C17H20N4S. The van der Waals surface area contributed by atoms with Crippen LogP contribution in [0.4, 0.5) is 0 Å². The van der Waals surface area contributed by atoms with Crippen LogP contribution in [0.3, 0.4) is 0 Å². The van der Waals surface area contributed by atoms with Crippen molar-refractivity contribution >= 4 is 11.8 Å². The maximum absolute atomic E-state index is 4.57. The van der Waals surface area contributed by atoms with E-state index in [1.165, 1.54) is 10.5 Å². The van der Waals surface area contributed by atoms with Gasteiger partial charge in [-0.05, 0) is 24.8 Å². The molecule has 0 amide bonds. The van der Waals surface area contributed by atoms with Crippen molar-refractivity contribution in [3.05, 3.63) is 54.6 Å². The largest absolute Gasteiger partial charge is 0.323 e. The zero-order valence-corrected chi connectivity index (χ0v) is 13.9. The molecule has 1 unspecified atom stereocenters. The molecule has 2 heterocycles. The molecule has 1 aromatic carbocycles. The van der Waals surface area contributed by atoms with Crippen molar-refractivity contribution in [3.63, 3.8) is 0 Å². The van der Waals surface area contributed by atoms with Crippen molar-refractivity contribution in [1.82, 2.24) is 19.3 Å².